The maximum atomic E-state index is 11.6. The van der Waals surface area contributed by atoms with E-state index in [9.17, 15) is 9.59 Å². The number of fused-ring (bicyclic) bond motifs is 1. The molecule has 0 spiro atoms. The van der Waals surface area contributed by atoms with Gasteiger partial charge in [-0.05, 0) is 38.1 Å². The summed E-state index contributed by atoms with van der Waals surface area (Å²) in [4.78, 5) is 22.5. The molecule has 0 saturated heterocycles. The Morgan fingerprint density at radius 3 is 2.70 bits per heavy atom. The smallest absolute Gasteiger partial charge is 0.335 e. The first-order valence-electron chi connectivity index (χ1n) is 6.59. The molecule has 0 saturated carbocycles. The standard InChI is InChI=1S/C15H18N2O3/c1-10(2)16-14(18)6-8-17-7-5-11-9-12(15(19)20)3-4-13(11)17/h3-5,7,9-10H,6,8H2,1-2H3,(H,16,18)(H,19,20). The monoisotopic (exact) mass is 274 g/mol. The molecule has 2 N–H and O–H groups in total. The van der Waals surface area contributed by atoms with E-state index in [1.165, 1.54) is 0 Å². The Kier molecular flexibility index (Phi) is 4.08. The minimum absolute atomic E-state index is 0.0176. The molecule has 5 heteroatoms. The average molecular weight is 274 g/mol. The summed E-state index contributed by atoms with van der Waals surface area (Å²) in [7, 11) is 0. The van der Waals surface area contributed by atoms with Crippen LogP contribution >= 0.6 is 0 Å². The Hall–Kier alpha value is -2.30. The summed E-state index contributed by atoms with van der Waals surface area (Å²) >= 11 is 0. The Balaban J connectivity index is 2.12. The van der Waals surface area contributed by atoms with E-state index >= 15 is 0 Å². The second-order valence-corrected chi connectivity index (χ2v) is 5.06. The summed E-state index contributed by atoms with van der Waals surface area (Å²) < 4.78 is 1.96. The molecule has 1 aromatic carbocycles. The van der Waals surface area contributed by atoms with Crippen LogP contribution in [0.1, 0.15) is 30.6 Å². The third kappa shape index (κ3) is 3.17. The second-order valence-electron chi connectivity index (χ2n) is 5.06. The van der Waals surface area contributed by atoms with Gasteiger partial charge in [0.1, 0.15) is 0 Å². The second kappa shape index (κ2) is 5.77. The number of hydrogen-bond donors (Lipinski definition) is 2. The highest BCUT2D eigenvalue weighted by Crippen LogP contribution is 2.18. The zero-order valence-corrected chi connectivity index (χ0v) is 11.6. The molecule has 0 aliphatic heterocycles. The highest BCUT2D eigenvalue weighted by atomic mass is 16.4. The van der Waals surface area contributed by atoms with Gasteiger partial charge in [0.2, 0.25) is 5.91 Å². The largest absolute Gasteiger partial charge is 0.478 e. The highest BCUT2D eigenvalue weighted by molar-refractivity contribution is 5.93. The maximum absolute atomic E-state index is 11.6. The number of carbonyl (C=O) groups excluding carboxylic acids is 1. The van der Waals surface area contributed by atoms with E-state index in [0.29, 0.717) is 13.0 Å². The first-order valence-corrected chi connectivity index (χ1v) is 6.59. The van der Waals surface area contributed by atoms with Crippen molar-refractivity contribution < 1.29 is 14.7 Å². The van der Waals surface area contributed by atoms with Crippen molar-refractivity contribution in [1.29, 1.82) is 0 Å². The summed E-state index contributed by atoms with van der Waals surface area (Å²) in [5.74, 6) is -0.917. The van der Waals surface area contributed by atoms with Crippen molar-refractivity contribution >= 4 is 22.8 Å². The molecule has 1 aromatic heterocycles. The molecule has 0 bridgehead atoms. The normalized spacial score (nSPS) is 10.9. The highest BCUT2D eigenvalue weighted by Gasteiger charge is 2.08. The van der Waals surface area contributed by atoms with Crippen LogP contribution in [0.25, 0.3) is 10.9 Å². The van der Waals surface area contributed by atoms with E-state index in [-0.39, 0.29) is 17.5 Å². The van der Waals surface area contributed by atoms with Gasteiger partial charge in [0.25, 0.3) is 0 Å². The zero-order valence-electron chi connectivity index (χ0n) is 11.6. The minimum atomic E-state index is -0.934. The molecule has 20 heavy (non-hydrogen) atoms. The van der Waals surface area contributed by atoms with Crippen molar-refractivity contribution in [2.45, 2.75) is 32.9 Å². The van der Waals surface area contributed by atoms with Crippen LogP contribution in [0.5, 0.6) is 0 Å². The molecule has 0 atom stereocenters. The third-order valence-corrected chi connectivity index (χ3v) is 3.05. The Labute approximate surface area is 117 Å². The third-order valence-electron chi connectivity index (χ3n) is 3.05. The Morgan fingerprint density at radius 1 is 1.30 bits per heavy atom. The van der Waals surface area contributed by atoms with E-state index in [1.807, 2.05) is 30.7 Å². The number of aromatic nitrogens is 1. The molecular weight excluding hydrogens is 256 g/mol. The van der Waals surface area contributed by atoms with Crippen LogP contribution < -0.4 is 5.32 Å². The lowest BCUT2D eigenvalue weighted by Crippen LogP contribution is -2.30. The van der Waals surface area contributed by atoms with Crippen molar-refractivity contribution in [3.63, 3.8) is 0 Å². The van der Waals surface area contributed by atoms with Crippen LogP contribution in [0.4, 0.5) is 0 Å². The fourth-order valence-electron chi connectivity index (χ4n) is 2.14. The van der Waals surface area contributed by atoms with Gasteiger partial charge in [0.15, 0.2) is 0 Å². The van der Waals surface area contributed by atoms with Crippen LogP contribution in [0.2, 0.25) is 0 Å². The molecular formula is C15H18N2O3. The fourth-order valence-corrected chi connectivity index (χ4v) is 2.14. The number of benzene rings is 1. The number of amides is 1. The number of hydrogen-bond acceptors (Lipinski definition) is 2. The van der Waals surface area contributed by atoms with Gasteiger partial charge in [-0.1, -0.05) is 0 Å². The van der Waals surface area contributed by atoms with Crippen molar-refractivity contribution in [2.75, 3.05) is 0 Å². The number of rotatable bonds is 5. The van der Waals surface area contributed by atoms with Crippen LogP contribution in [-0.4, -0.2) is 27.6 Å². The number of carboxylic acids is 1. The molecule has 5 nitrogen and oxygen atoms in total. The lowest BCUT2D eigenvalue weighted by atomic mass is 10.1. The van der Waals surface area contributed by atoms with Crippen molar-refractivity contribution in [1.82, 2.24) is 9.88 Å². The van der Waals surface area contributed by atoms with Gasteiger partial charge in [0.05, 0.1) is 5.56 Å². The number of aryl methyl sites for hydroxylation is 1. The van der Waals surface area contributed by atoms with Gasteiger partial charge >= 0.3 is 5.97 Å². The predicted octanol–water partition coefficient (Wildman–Crippen LogP) is 2.25. The number of carboxylic acid groups (broad SMARTS) is 1. The molecule has 0 aliphatic carbocycles. The minimum Gasteiger partial charge on any atom is -0.478 e. The first kappa shape index (κ1) is 14.1. The quantitative estimate of drug-likeness (QED) is 0.878. The Bertz CT molecular complexity index is 644. The number of carbonyl (C=O) groups is 2. The van der Waals surface area contributed by atoms with Crippen LogP contribution in [0.15, 0.2) is 30.5 Å². The van der Waals surface area contributed by atoms with E-state index in [1.54, 1.807) is 18.2 Å². The number of nitrogens with one attached hydrogen (secondary N) is 1. The summed E-state index contributed by atoms with van der Waals surface area (Å²) in [5, 5.41) is 12.7. The van der Waals surface area contributed by atoms with E-state index in [0.717, 1.165) is 10.9 Å². The molecule has 0 radical (unpaired) electrons. The van der Waals surface area contributed by atoms with E-state index in [2.05, 4.69) is 5.32 Å². The molecule has 0 unspecified atom stereocenters. The molecule has 0 aliphatic rings. The number of aromatic carboxylic acids is 1. The summed E-state index contributed by atoms with van der Waals surface area (Å²) in [6.07, 6.45) is 2.28. The van der Waals surface area contributed by atoms with Crippen LogP contribution in [0.3, 0.4) is 0 Å². The predicted molar refractivity (Wildman–Crippen MR) is 76.8 cm³/mol. The van der Waals surface area contributed by atoms with Crippen molar-refractivity contribution in [3.05, 3.63) is 36.0 Å². The van der Waals surface area contributed by atoms with Gasteiger partial charge in [-0.15, -0.1) is 0 Å². The molecule has 0 fully saturated rings. The SMILES string of the molecule is CC(C)NC(=O)CCn1ccc2cc(C(=O)O)ccc21. The van der Waals surface area contributed by atoms with Crippen molar-refractivity contribution in [2.24, 2.45) is 0 Å². The molecule has 2 aromatic rings. The Morgan fingerprint density at radius 2 is 2.05 bits per heavy atom. The van der Waals surface area contributed by atoms with Crippen LogP contribution in [-0.2, 0) is 11.3 Å². The zero-order chi connectivity index (χ0) is 14.7. The van der Waals surface area contributed by atoms with Gasteiger partial charge in [-0.25, -0.2) is 4.79 Å². The van der Waals surface area contributed by atoms with Gasteiger partial charge < -0.3 is 15.0 Å². The fraction of sp³-hybridized carbons (Fsp3) is 0.333. The summed E-state index contributed by atoms with van der Waals surface area (Å²) in [5.41, 5.74) is 1.21. The topological polar surface area (TPSA) is 71.3 Å². The molecule has 1 heterocycles. The van der Waals surface area contributed by atoms with Crippen molar-refractivity contribution in [3.8, 4) is 0 Å². The first-order chi connectivity index (χ1) is 9.47. The molecule has 2 rings (SSSR count). The lowest BCUT2D eigenvalue weighted by Gasteiger charge is -2.09. The van der Waals surface area contributed by atoms with Gasteiger partial charge in [0, 0.05) is 36.1 Å². The average Bonchev–Trinajstić information content (AvgIpc) is 2.77. The molecule has 1 amide bonds. The van der Waals surface area contributed by atoms with Crippen LogP contribution in [0, 0.1) is 0 Å². The van der Waals surface area contributed by atoms with E-state index in [4.69, 9.17) is 5.11 Å². The summed E-state index contributed by atoms with van der Waals surface area (Å²) in [6.45, 7) is 4.43. The summed E-state index contributed by atoms with van der Waals surface area (Å²) in [6, 6.07) is 7.00. The lowest BCUT2D eigenvalue weighted by molar-refractivity contribution is -0.121. The molecule has 106 valence electrons. The maximum Gasteiger partial charge on any atom is 0.335 e. The number of nitrogens with zero attached hydrogens (tertiary/aromatic N) is 1. The van der Waals surface area contributed by atoms with Gasteiger partial charge in [-0.3, -0.25) is 4.79 Å². The van der Waals surface area contributed by atoms with Gasteiger partial charge in [-0.2, -0.15) is 0 Å². The van der Waals surface area contributed by atoms with E-state index < -0.39 is 5.97 Å².